The van der Waals surface area contributed by atoms with Crippen LogP contribution in [0.5, 0.6) is 0 Å². The van der Waals surface area contributed by atoms with Crippen molar-refractivity contribution >= 4 is 5.97 Å². The largest absolute Gasteiger partial charge is 0.467 e. The molecule has 1 aliphatic heterocycles. The van der Waals surface area contributed by atoms with Crippen molar-refractivity contribution in [2.45, 2.75) is 50.5 Å². The van der Waals surface area contributed by atoms with Crippen LogP contribution in [0.4, 0.5) is 0 Å². The van der Waals surface area contributed by atoms with Gasteiger partial charge >= 0.3 is 5.97 Å². The summed E-state index contributed by atoms with van der Waals surface area (Å²) in [6.45, 7) is 1.07. The molecule has 208 valence electrons. The van der Waals surface area contributed by atoms with Gasteiger partial charge in [0.05, 0.1) is 45.6 Å². The average molecular weight is 537 g/mol. The van der Waals surface area contributed by atoms with Gasteiger partial charge in [-0.3, -0.25) is 0 Å². The quantitative estimate of drug-likeness (QED) is 0.329. The summed E-state index contributed by atoms with van der Waals surface area (Å²) in [5.41, 5.74) is 2.92. The van der Waals surface area contributed by atoms with Crippen molar-refractivity contribution in [2.24, 2.45) is 5.92 Å². The number of methoxy groups -OCH3 is 2. The van der Waals surface area contributed by atoms with Crippen LogP contribution in [0.15, 0.2) is 91.0 Å². The molecule has 1 fully saturated rings. The van der Waals surface area contributed by atoms with E-state index in [-0.39, 0.29) is 19.8 Å². The number of aliphatic hydroxyl groups is 1. The molecule has 0 bridgehead atoms. The van der Waals surface area contributed by atoms with Gasteiger partial charge in [0.1, 0.15) is 12.2 Å². The van der Waals surface area contributed by atoms with Gasteiger partial charge in [-0.2, -0.15) is 0 Å². The molecule has 0 aromatic heterocycles. The Bertz CT molecular complexity index is 1110. The zero-order valence-electron chi connectivity index (χ0n) is 22.3. The molecule has 3 aromatic rings. The molecular formula is C31H36O8. The maximum atomic E-state index is 12.5. The lowest BCUT2D eigenvalue weighted by atomic mass is 9.86. The van der Waals surface area contributed by atoms with Crippen LogP contribution in [-0.2, 0) is 53.0 Å². The average Bonchev–Trinajstić information content (AvgIpc) is 2.99. The highest BCUT2D eigenvalue weighted by molar-refractivity contribution is 5.74. The summed E-state index contributed by atoms with van der Waals surface area (Å²) in [4.78, 5) is 12.5. The fourth-order valence-electron chi connectivity index (χ4n) is 4.69. The predicted molar refractivity (Wildman–Crippen MR) is 143 cm³/mol. The Morgan fingerprint density at radius 1 is 0.769 bits per heavy atom. The zero-order chi connectivity index (χ0) is 27.5. The number of benzene rings is 3. The van der Waals surface area contributed by atoms with Crippen molar-refractivity contribution in [1.82, 2.24) is 0 Å². The molecule has 0 unspecified atom stereocenters. The smallest absolute Gasteiger partial charge is 0.335 e. The Morgan fingerprint density at radius 2 is 1.26 bits per heavy atom. The molecule has 0 spiro atoms. The minimum Gasteiger partial charge on any atom is -0.467 e. The molecule has 4 rings (SSSR count). The number of hydrogen-bond donors (Lipinski definition) is 1. The Hall–Kier alpha value is -3.11. The molecule has 39 heavy (non-hydrogen) atoms. The van der Waals surface area contributed by atoms with E-state index in [0.29, 0.717) is 6.61 Å². The summed E-state index contributed by atoms with van der Waals surface area (Å²) in [7, 11) is 2.68. The molecule has 6 atom stereocenters. The normalized spacial score (nSPS) is 23.7. The fraction of sp³-hybridized carbons (Fsp3) is 0.387. The van der Waals surface area contributed by atoms with Gasteiger partial charge in [-0.1, -0.05) is 91.0 Å². The van der Waals surface area contributed by atoms with Crippen molar-refractivity contribution < 1.29 is 38.3 Å². The van der Waals surface area contributed by atoms with Gasteiger partial charge in [-0.25, -0.2) is 4.79 Å². The first-order chi connectivity index (χ1) is 19.1. The molecule has 1 aliphatic rings. The monoisotopic (exact) mass is 536 g/mol. The van der Waals surface area contributed by atoms with Crippen molar-refractivity contribution in [3.8, 4) is 0 Å². The highest BCUT2D eigenvalue weighted by Gasteiger charge is 2.52. The highest BCUT2D eigenvalue weighted by atomic mass is 16.7. The lowest BCUT2D eigenvalue weighted by molar-refractivity contribution is -0.311. The lowest BCUT2D eigenvalue weighted by Gasteiger charge is -2.46. The van der Waals surface area contributed by atoms with E-state index < -0.39 is 42.6 Å². The third-order valence-electron chi connectivity index (χ3n) is 6.70. The van der Waals surface area contributed by atoms with Crippen LogP contribution in [0.2, 0.25) is 0 Å². The van der Waals surface area contributed by atoms with Gasteiger partial charge in [-0.05, 0) is 16.7 Å². The van der Waals surface area contributed by atoms with Crippen LogP contribution in [-0.4, -0.2) is 62.6 Å². The third-order valence-corrected chi connectivity index (χ3v) is 6.70. The van der Waals surface area contributed by atoms with Gasteiger partial charge < -0.3 is 33.5 Å². The summed E-state index contributed by atoms with van der Waals surface area (Å²) < 4.78 is 35.6. The Balaban J connectivity index is 1.61. The Kier molecular flexibility index (Phi) is 11.0. The van der Waals surface area contributed by atoms with E-state index >= 15 is 0 Å². The number of hydrogen-bond acceptors (Lipinski definition) is 8. The number of ether oxygens (including phenoxy) is 6. The predicted octanol–water partition coefficient (Wildman–Crippen LogP) is 3.90. The van der Waals surface area contributed by atoms with E-state index in [9.17, 15) is 9.90 Å². The topological polar surface area (TPSA) is 92.7 Å². The van der Waals surface area contributed by atoms with Crippen LogP contribution in [0.1, 0.15) is 16.7 Å². The summed E-state index contributed by atoms with van der Waals surface area (Å²) in [6, 6.07) is 29.2. The number of esters is 1. The summed E-state index contributed by atoms with van der Waals surface area (Å²) in [5, 5.41) is 11.0. The molecule has 8 heteroatoms. The summed E-state index contributed by atoms with van der Waals surface area (Å²) in [5.74, 6) is -1.73. The van der Waals surface area contributed by atoms with E-state index in [0.717, 1.165) is 16.7 Å². The maximum Gasteiger partial charge on any atom is 0.335 e. The van der Waals surface area contributed by atoms with Crippen LogP contribution in [0.25, 0.3) is 0 Å². The van der Waals surface area contributed by atoms with Crippen molar-refractivity contribution in [3.05, 3.63) is 108 Å². The second-order valence-corrected chi connectivity index (χ2v) is 9.35. The standard InChI is InChI=1S/C31H36O8/c1-34-30(33)27(32)26-29(38-20-24-16-10-5-11-17-24)28(37-19-23-14-8-4-9-15-23)25(39-31(26)35-2)21-36-18-22-12-6-3-7-13-22/h3-17,25-29,31-32H,18-21H2,1-2H3/t25-,26-,27+,28-,29-,31-/m1/s1. The molecule has 0 radical (unpaired) electrons. The molecule has 0 aliphatic carbocycles. The lowest BCUT2D eigenvalue weighted by Crippen LogP contribution is -2.62. The van der Waals surface area contributed by atoms with Crippen LogP contribution in [0, 0.1) is 5.92 Å². The van der Waals surface area contributed by atoms with Gasteiger partial charge in [0.25, 0.3) is 0 Å². The van der Waals surface area contributed by atoms with E-state index in [1.807, 2.05) is 91.0 Å². The van der Waals surface area contributed by atoms with Gasteiger partial charge in [0, 0.05) is 7.11 Å². The Labute approximate surface area is 229 Å². The molecular weight excluding hydrogens is 500 g/mol. The van der Waals surface area contributed by atoms with Crippen LogP contribution in [0.3, 0.4) is 0 Å². The molecule has 0 saturated carbocycles. The van der Waals surface area contributed by atoms with E-state index in [2.05, 4.69) is 0 Å². The first-order valence-electron chi connectivity index (χ1n) is 13.0. The first-order valence-corrected chi connectivity index (χ1v) is 13.0. The second-order valence-electron chi connectivity index (χ2n) is 9.35. The van der Waals surface area contributed by atoms with Gasteiger partial charge in [0.2, 0.25) is 0 Å². The van der Waals surface area contributed by atoms with E-state index in [1.54, 1.807) is 0 Å². The Morgan fingerprint density at radius 3 is 1.74 bits per heavy atom. The first kappa shape index (κ1) is 28.9. The molecule has 3 aromatic carbocycles. The van der Waals surface area contributed by atoms with Crippen molar-refractivity contribution in [3.63, 3.8) is 0 Å². The highest BCUT2D eigenvalue weighted by Crippen LogP contribution is 2.35. The zero-order valence-corrected chi connectivity index (χ0v) is 22.3. The molecule has 0 amide bonds. The second kappa shape index (κ2) is 14.9. The molecule has 1 saturated heterocycles. The number of carbonyl (C=O) groups is 1. The maximum absolute atomic E-state index is 12.5. The van der Waals surface area contributed by atoms with E-state index in [4.69, 9.17) is 28.4 Å². The van der Waals surface area contributed by atoms with Crippen molar-refractivity contribution in [1.29, 1.82) is 0 Å². The van der Waals surface area contributed by atoms with Gasteiger partial charge in [0.15, 0.2) is 12.4 Å². The van der Waals surface area contributed by atoms with Crippen molar-refractivity contribution in [2.75, 3.05) is 20.8 Å². The number of carbonyl (C=O) groups excluding carboxylic acids is 1. The molecule has 8 nitrogen and oxygen atoms in total. The minimum atomic E-state index is -1.56. The third kappa shape index (κ3) is 7.95. The fourth-order valence-corrected chi connectivity index (χ4v) is 4.69. The summed E-state index contributed by atoms with van der Waals surface area (Å²) >= 11 is 0. The minimum absolute atomic E-state index is 0.181. The molecule has 1 N–H and O–H groups in total. The van der Waals surface area contributed by atoms with E-state index in [1.165, 1.54) is 14.2 Å². The number of rotatable bonds is 13. The van der Waals surface area contributed by atoms with Crippen LogP contribution >= 0.6 is 0 Å². The molecule has 1 heterocycles. The van der Waals surface area contributed by atoms with Gasteiger partial charge in [-0.15, -0.1) is 0 Å². The summed E-state index contributed by atoms with van der Waals surface area (Å²) in [6.07, 6.45) is -4.62. The SMILES string of the molecule is COC(=O)[C@@H](O)[C@H]1[C@H](OC)O[C@H](COCc2ccccc2)[C@@H](OCc2ccccc2)[C@@H]1OCc1ccccc1. The number of aliphatic hydroxyl groups excluding tert-OH is 1. The van der Waals surface area contributed by atoms with Crippen LogP contribution < -0.4 is 0 Å².